The van der Waals surface area contributed by atoms with E-state index in [1.165, 1.54) is 12.1 Å². The highest BCUT2D eigenvalue weighted by atomic mass is 19.1. The number of carbonyl (C=O) groups excluding carboxylic acids is 2. The summed E-state index contributed by atoms with van der Waals surface area (Å²) in [4.78, 5) is 25.8. The topological polar surface area (TPSA) is 68.5 Å². The number of carbonyl (C=O) groups is 2. The SMILES string of the molecule is CNC(=O)c1c(-c2ccc(F)cc2)oc2ccc(-c3ccc(OC)c(C(=O)CCC(C)C)c3)cc12. The van der Waals surface area contributed by atoms with Crippen LogP contribution in [-0.2, 0) is 0 Å². The summed E-state index contributed by atoms with van der Waals surface area (Å²) >= 11 is 0. The Balaban J connectivity index is 1.82. The van der Waals surface area contributed by atoms with Crippen LogP contribution in [-0.4, -0.2) is 25.8 Å². The van der Waals surface area contributed by atoms with Crippen molar-refractivity contribution >= 4 is 22.7 Å². The average Bonchev–Trinajstić information content (AvgIpc) is 3.25. The first kappa shape index (κ1) is 24.2. The molecule has 1 amide bonds. The fraction of sp³-hybridized carbons (Fsp3) is 0.241. The number of Topliss-reactive ketones (excluding diaryl/α,β-unsaturated/α-hetero) is 1. The van der Waals surface area contributed by atoms with Crippen LogP contribution in [0.4, 0.5) is 4.39 Å². The molecule has 180 valence electrons. The second kappa shape index (κ2) is 10.1. The summed E-state index contributed by atoms with van der Waals surface area (Å²) in [6.07, 6.45) is 1.24. The number of amides is 1. The number of ether oxygens (including phenoxy) is 1. The normalized spacial score (nSPS) is 11.1. The van der Waals surface area contributed by atoms with Crippen LogP contribution in [0.5, 0.6) is 5.75 Å². The van der Waals surface area contributed by atoms with Crippen LogP contribution in [0.3, 0.4) is 0 Å². The van der Waals surface area contributed by atoms with E-state index < -0.39 is 0 Å². The van der Waals surface area contributed by atoms with Crippen molar-refractivity contribution in [2.75, 3.05) is 14.2 Å². The molecule has 4 aromatic rings. The van der Waals surface area contributed by atoms with Gasteiger partial charge < -0.3 is 14.5 Å². The average molecular weight is 474 g/mol. The standard InChI is InChI=1S/C29H28FNO4/c1-17(2)5-12-24(32)22-15-19(8-13-25(22)34-4)20-9-14-26-23(16-20)27(29(33)31-3)28(35-26)18-6-10-21(30)11-7-18/h6-11,13-17H,5,12H2,1-4H3,(H,31,33). The third-order valence-corrected chi connectivity index (χ3v) is 6.03. The molecule has 35 heavy (non-hydrogen) atoms. The zero-order chi connectivity index (χ0) is 25.1. The highest BCUT2D eigenvalue weighted by molar-refractivity contribution is 6.12. The van der Waals surface area contributed by atoms with E-state index >= 15 is 0 Å². The summed E-state index contributed by atoms with van der Waals surface area (Å²) < 4.78 is 24.9. The molecular weight excluding hydrogens is 445 g/mol. The quantitative estimate of drug-likeness (QED) is 0.283. The lowest BCUT2D eigenvalue weighted by molar-refractivity contribution is 0.0959. The summed E-state index contributed by atoms with van der Waals surface area (Å²) in [5.41, 5.74) is 3.70. The Morgan fingerprint density at radius 3 is 2.29 bits per heavy atom. The van der Waals surface area contributed by atoms with Crippen molar-refractivity contribution in [3.05, 3.63) is 77.6 Å². The van der Waals surface area contributed by atoms with E-state index in [4.69, 9.17) is 9.15 Å². The van der Waals surface area contributed by atoms with Gasteiger partial charge in [-0.05, 0) is 72.0 Å². The van der Waals surface area contributed by atoms with Crippen LogP contribution in [0.25, 0.3) is 33.4 Å². The summed E-state index contributed by atoms with van der Waals surface area (Å²) in [5.74, 6) is 0.695. The Labute approximate surface area is 203 Å². The van der Waals surface area contributed by atoms with Gasteiger partial charge in [0.2, 0.25) is 0 Å². The fourth-order valence-electron chi connectivity index (χ4n) is 4.09. The largest absolute Gasteiger partial charge is 0.496 e. The van der Waals surface area contributed by atoms with E-state index in [1.807, 2.05) is 24.3 Å². The zero-order valence-electron chi connectivity index (χ0n) is 20.3. The molecule has 1 N–H and O–H groups in total. The Morgan fingerprint density at radius 2 is 1.63 bits per heavy atom. The molecule has 0 bridgehead atoms. The maximum absolute atomic E-state index is 13.5. The molecule has 0 aliphatic carbocycles. The van der Waals surface area contributed by atoms with E-state index in [0.29, 0.717) is 51.5 Å². The molecule has 0 fully saturated rings. The third-order valence-electron chi connectivity index (χ3n) is 6.03. The fourth-order valence-corrected chi connectivity index (χ4v) is 4.09. The van der Waals surface area contributed by atoms with Crippen molar-refractivity contribution < 1.29 is 23.1 Å². The summed E-state index contributed by atoms with van der Waals surface area (Å²) in [6, 6.07) is 16.9. The lowest BCUT2D eigenvalue weighted by Crippen LogP contribution is -2.18. The van der Waals surface area contributed by atoms with Crippen molar-refractivity contribution in [2.45, 2.75) is 26.7 Å². The molecule has 4 rings (SSSR count). The molecule has 0 spiro atoms. The predicted molar refractivity (Wildman–Crippen MR) is 135 cm³/mol. The van der Waals surface area contributed by atoms with Gasteiger partial charge in [0.1, 0.15) is 22.9 Å². The highest BCUT2D eigenvalue weighted by Crippen LogP contribution is 2.37. The minimum Gasteiger partial charge on any atom is -0.496 e. The second-order valence-electron chi connectivity index (χ2n) is 8.87. The van der Waals surface area contributed by atoms with Crippen LogP contribution >= 0.6 is 0 Å². The number of methoxy groups -OCH3 is 1. The molecule has 0 atom stereocenters. The Hall–Kier alpha value is -3.93. The van der Waals surface area contributed by atoms with Crippen LogP contribution in [0.2, 0.25) is 0 Å². The van der Waals surface area contributed by atoms with E-state index in [1.54, 1.807) is 38.4 Å². The van der Waals surface area contributed by atoms with Gasteiger partial charge in [0.15, 0.2) is 5.78 Å². The molecular formula is C29H28FNO4. The Morgan fingerprint density at radius 1 is 0.971 bits per heavy atom. The number of nitrogens with one attached hydrogen (secondary N) is 1. The maximum Gasteiger partial charge on any atom is 0.255 e. The summed E-state index contributed by atoms with van der Waals surface area (Å²) in [6.45, 7) is 4.18. The highest BCUT2D eigenvalue weighted by Gasteiger charge is 2.22. The first-order chi connectivity index (χ1) is 16.8. The van der Waals surface area contributed by atoms with E-state index in [0.717, 1.165) is 17.5 Å². The number of fused-ring (bicyclic) bond motifs is 1. The van der Waals surface area contributed by atoms with Crippen LogP contribution < -0.4 is 10.1 Å². The van der Waals surface area contributed by atoms with Crippen molar-refractivity contribution in [2.24, 2.45) is 5.92 Å². The molecule has 1 heterocycles. The van der Waals surface area contributed by atoms with Gasteiger partial charge in [-0.1, -0.05) is 26.0 Å². The molecule has 3 aromatic carbocycles. The summed E-state index contributed by atoms with van der Waals surface area (Å²) in [7, 11) is 3.11. The molecule has 0 saturated carbocycles. The molecule has 0 aliphatic heterocycles. The van der Waals surface area contributed by atoms with Gasteiger partial charge >= 0.3 is 0 Å². The van der Waals surface area contributed by atoms with Gasteiger partial charge in [-0.15, -0.1) is 0 Å². The number of benzene rings is 3. The minimum absolute atomic E-state index is 0.0337. The van der Waals surface area contributed by atoms with Gasteiger partial charge in [0.25, 0.3) is 5.91 Å². The van der Waals surface area contributed by atoms with E-state index in [-0.39, 0.29) is 17.5 Å². The van der Waals surface area contributed by atoms with Crippen LogP contribution in [0, 0.1) is 11.7 Å². The second-order valence-corrected chi connectivity index (χ2v) is 8.87. The number of rotatable bonds is 8. The first-order valence-corrected chi connectivity index (χ1v) is 11.6. The van der Waals surface area contributed by atoms with Crippen LogP contribution in [0.1, 0.15) is 47.4 Å². The van der Waals surface area contributed by atoms with Crippen molar-refractivity contribution in [1.82, 2.24) is 5.32 Å². The number of hydrogen-bond acceptors (Lipinski definition) is 4. The lowest BCUT2D eigenvalue weighted by atomic mass is 9.95. The number of ketones is 1. The predicted octanol–water partition coefficient (Wildman–Crippen LogP) is 6.89. The molecule has 0 aliphatic rings. The zero-order valence-corrected chi connectivity index (χ0v) is 20.3. The van der Waals surface area contributed by atoms with Crippen molar-refractivity contribution in [1.29, 1.82) is 0 Å². The molecule has 0 radical (unpaired) electrons. The molecule has 1 aromatic heterocycles. The van der Waals surface area contributed by atoms with E-state index in [9.17, 15) is 14.0 Å². The van der Waals surface area contributed by atoms with Gasteiger partial charge in [0, 0.05) is 24.4 Å². The number of halogens is 1. The number of hydrogen-bond donors (Lipinski definition) is 1. The smallest absolute Gasteiger partial charge is 0.255 e. The summed E-state index contributed by atoms with van der Waals surface area (Å²) in [5, 5.41) is 3.30. The van der Waals surface area contributed by atoms with Gasteiger partial charge in [-0.25, -0.2) is 4.39 Å². The molecule has 0 saturated heterocycles. The van der Waals surface area contributed by atoms with Crippen LogP contribution in [0.15, 0.2) is 65.1 Å². The first-order valence-electron chi connectivity index (χ1n) is 11.6. The molecule has 6 heteroatoms. The maximum atomic E-state index is 13.5. The molecule has 0 unspecified atom stereocenters. The van der Waals surface area contributed by atoms with Crippen molar-refractivity contribution in [3.63, 3.8) is 0 Å². The lowest BCUT2D eigenvalue weighted by Gasteiger charge is -2.11. The third kappa shape index (κ3) is 4.97. The van der Waals surface area contributed by atoms with Gasteiger partial charge in [-0.3, -0.25) is 9.59 Å². The Bertz CT molecular complexity index is 1390. The van der Waals surface area contributed by atoms with Crippen molar-refractivity contribution in [3.8, 4) is 28.2 Å². The monoisotopic (exact) mass is 473 g/mol. The minimum atomic E-state index is -0.369. The Kier molecular flexibility index (Phi) is 7.01. The van der Waals surface area contributed by atoms with Gasteiger partial charge in [0.05, 0.1) is 18.2 Å². The van der Waals surface area contributed by atoms with Gasteiger partial charge in [-0.2, -0.15) is 0 Å². The number of furan rings is 1. The van der Waals surface area contributed by atoms with E-state index in [2.05, 4.69) is 19.2 Å². The molecule has 5 nitrogen and oxygen atoms in total.